The number of benzene rings is 2. The Morgan fingerprint density at radius 3 is 2.41 bits per heavy atom. The third kappa shape index (κ3) is 3.60. The number of carbonyl (C=O) groups is 2. The molecule has 142 valence electrons. The molecular weight excluding hydrogens is 364 g/mol. The van der Waals surface area contributed by atoms with E-state index in [2.05, 4.69) is 12.2 Å². The highest BCUT2D eigenvalue weighted by molar-refractivity contribution is 7.90. The van der Waals surface area contributed by atoms with Crippen molar-refractivity contribution < 1.29 is 18.0 Å². The molecule has 1 atom stereocenters. The Labute approximate surface area is 159 Å². The summed E-state index contributed by atoms with van der Waals surface area (Å²) in [4.78, 5) is 25.0. The zero-order valence-electron chi connectivity index (χ0n) is 15.3. The van der Waals surface area contributed by atoms with Crippen molar-refractivity contribution in [3.8, 4) is 0 Å². The molecule has 0 saturated carbocycles. The van der Waals surface area contributed by atoms with Gasteiger partial charge in [0.25, 0.3) is 15.9 Å². The maximum absolute atomic E-state index is 12.7. The molecule has 0 spiro atoms. The van der Waals surface area contributed by atoms with E-state index in [1.54, 1.807) is 24.3 Å². The predicted octanol–water partition coefficient (Wildman–Crippen LogP) is 3.20. The van der Waals surface area contributed by atoms with Crippen LogP contribution in [0.5, 0.6) is 0 Å². The molecule has 3 rings (SSSR count). The van der Waals surface area contributed by atoms with Gasteiger partial charge in [0.15, 0.2) is 0 Å². The summed E-state index contributed by atoms with van der Waals surface area (Å²) in [5.41, 5.74) is 1.83. The number of hydrogen-bond acceptors (Lipinski definition) is 4. The van der Waals surface area contributed by atoms with Gasteiger partial charge >= 0.3 is 0 Å². The van der Waals surface area contributed by atoms with E-state index in [4.69, 9.17) is 0 Å². The van der Waals surface area contributed by atoms with E-state index < -0.39 is 27.9 Å². The van der Waals surface area contributed by atoms with Gasteiger partial charge < -0.3 is 5.32 Å². The van der Waals surface area contributed by atoms with Crippen molar-refractivity contribution in [1.82, 2.24) is 4.31 Å². The topological polar surface area (TPSA) is 83.6 Å². The summed E-state index contributed by atoms with van der Waals surface area (Å²) in [5, 5.41) is 2.69. The standard InChI is InChI=1S/C20H22N2O4S/c1-3-4-7-15-10-12-16(13-11-15)21-19(23)14(2)22-20(24)17-8-5-6-9-18(17)27(22,25)26/h5-6,8-14H,3-4,7H2,1-2H3,(H,21,23). The largest absolute Gasteiger partial charge is 0.324 e. The molecule has 2 amide bonds. The molecule has 1 heterocycles. The van der Waals surface area contributed by atoms with Crippen LogP contribution >= 0.6 is 0 Å². The van der Waals surface area contributed by atoms with Gasteiger partial charge in [-0.2, -0.15) is 0 Å². The fraction of sp³-hybridized carbons (Fsp3) is 0.300. The van der Waals surface area contributed by atoms with E-state index in [0.717, 1.165) is 19.3 Å². The van der Waals surface area contributed by atoms with Crippen LogP contribution in [0.4, 0.5) is 5.69 Å². The molecular formula is C20H22N2O4S. The minimum absolute atomic E-state index is 0.0603. The van der Waals surface area contributed by atoms with E-state index in [9.17, 15) is 18.0 Å². The number of sulfonamides is 1. The lowest BCUT2D eigenvalue weighted by Gasteiger charge is -2.22. The van der Waals surface area contributed by atoms with Gasteiger partial charge in [-0.3, -0.25) is 9.59 Å². The van der Waals surface area contributed by atoms with Gasteiger partial charge in [-0.1, -0.05) is 37.6 Å². The minimum Gasteiger partial charge on any atom is -0.324 e. The summed E-state index contributed by atoms with van der Waals surface area (Å²) < 4.78 is 26.0. The van der Waals surface area contributed by atoms with Gasteiger partial charge in [0, 0.05) is 5.69 Å². The second kappa shape index (κ2) is 7.52. The zero-order chi connectivity index (χ0) is 19.6. The third-order valence-corrected chi connectivity index (χ3v) is 6.54. The smallest absolute Gasteiger partial charge is 0.269 e. The van der Waals surface area contributed by atoms with Gasteiger partial charge in [0.2, 0.25) is 5.91 Å². The third-order valence-electron chi connectivity index (χ3n) is 4.63. The van der Waals surface area contributed by atoms with Crippen molar-refractivity contribution >= 4 is 27.5 Å². The lowest BCUT2D eigenvalue weighted by molar-refractivity contribution is -0.118. The molecule has 7 heteroatoms. The molecule has 2 aromatic rings. The molecule has 0 bridgehead atoms. The Kier molecular flexibility index (Phi) is 5.32. The van der Waals surface area contributed by atoms with Crippen molar-refractivity contribution in [1.29, 1.82) is 0 Å². The Morgan fingerprint density at radius 2 is 1.78 bits per heavy atom. The molecule has 1 aliphatic heterocycles. The summed E-state index contributed by atoms with van der Waals surface area (Å²) in [6.45, 7) is 3.54. The number of amides is 2. The fourth-order valence-corrected chi connectivity index (χ4v) is 4.80. The Hall–Kier alpha value is -2.67. The van der Waals surface area contributed by atoms with Gasteiger partial charge in [-0.15, -0.1) is 0 Å². The first-order valence-corrected chi connectivity index (χ1v) is 10.4. The highest BCUT2D eigenvalue weighted by Gasteiger charge is 2.45. The van der Waals surface area contributed by atoms with Crippen molar-refractivity contribution in [2.75, 3.05) is 5.32 Å². The number of nitrogens with one attached hydrogen (secondary N) is 1. The summed E-state index contributed by atoms with van der Waals surface area (Å²) in [5.74, 6) is -1.23. The Bertz CT molecular complexity index is 968. The van der Waals surface area contributed by atoms with Crippen LogP contribution in [0.1, 0.15) is 42.6 Å². The van der Waals surface area contributed by atoms with E-state index in [1.165, 1.54) is 24.6 Å². The monoisotopic (exact) mass is 386 g/mol. The molecule has 1 N–H and O–H groups in total. The average Bonchev–Trinajstić information content (AvgIpc) is 2.87. The van der Waals surface area contributed by atoms with Crippen molar-refractivity contribution in [2.45, 2.75) is 44.0 Å². The number of fused-ring (bicyclic) bond motifs is 1. The number of anilines is 1. The first kappa shape index (κ1) is 19.1. The van der Waals surface area contributed by atoms with Crippen LogP contribution in [-0.4, -0.2) is 30.6 Å². The second-order valence-corrected chi connectivity index (χ2v) is 8.35. The van der Waals surface area contributed by atoms with Crippen molar-refractivity contribution in [3.63, 3.8) is 0 Å². The van der Waals surface area contributed by atoms with Crippen molar-refractivity contribution in [3.05, 3.63) is 59.7 Å². The average molecular weight is 386 g/mol. The lowest BCUT2D eigenvalue weighted by Crippen LogP contribution is -2.45. The molecule has 6 nitrogen and oxygen atoms in total. The highest BCUT2D eigenvalue weighted by atomic mass is 32.2. The summed E-state index contributed by atoms with van der Waals surface area (Å²) >= 11 is 0. The number of hydrogen-bond donors (Lipinski definition) is 1. The first-order valence-electron chi connectivity index (χ1n) is 8.94. The molecule has 0 aromatic heterocycles. The molecule has 0 fully saturated rings. The first-order chi connectivity index (χ1) is 12.9. The van der Waals surface area contributed by atoms with Crippen molar-refractivity contribution in [2.24, 2.45) is 0 Å². The van der Waals surface area contributed by atoms with Gasteiger partial charge in [0.1, 0.15) is 10.9 Å². The minimum atomic E-state index is -4.03. The number of aryl methyl sites for hydroxylation is 1. The van der Waals surface area contributed by atoms with Crippen LogP contribution in [0.2, 0.25) is 0 Å². The number of nitrogens with zero attached hydrogens (tertiary/aromatic N) is 1. The van der Waals surface area contributed by atoms with E-state index in [1.807, 2.05) is 12.1 Å². The van der Waals surface area contributed by atoms with Gasteiger partial charge in [-0.05, 0) is 49.6 Å². The van der Waals surface area contributed by atoms with E-state index in [-0.39, 0.29) is 10.5 Å². The van der Waals surface area contributed by atoms with Crippen LogP contribution < -0.4 is 5.32 Å². The lowest BCUT2D eigenvalue weighted by atomic mass is 10.1. The molecule has 0 saturated heterocycles. The highest BCUT2D eigenvalue weighted by Crippen LogP contribution is 2.31. The summed E-state index contributed by atoms with van der Waals surface area (Å²) in [6.07, 6.45) is 3.18. The normalized spacial score (nSPS) is 16.1. The maximum Gasteiger partial charge on any atom is 0.269 e. The number of unbranched alkanes of at least 4 members (excludes halogenated alkanes) is 1. The van der Waals surface area contributed by atoms with Gasteiger partial charge in [0.05, 0.1) is 5.56 Å². The van der Waals surface area contributed by atoms with Crippen LogP contribution in [0.25, 0.3) is 0 Å². The number of rotatable bonds is 6. The zero-order valence-corrected chi connectivity index (χ0v) is 16.1. The maximum atomic E-state index is 12.7. The molecule has 27 heavy (non-hydrogen) atoms. The SMILES string of the molecule is CCCCc1ccc(NC(=O)C(C)N2C(=O)c3ccccc3S2(=O)=O)cc1. The van der Waals surface area contributed by atoms with E-state index >= 15 is 0 Å². The Balaban J connectivity index is 1.75. The second-order valence-electron chi connectivity index (χ2n) is 6.57. The molecule has 1 aliphatic rings. The van der Waals surface area contributed by atoms with Gasteiger partial charge in [-0.25, -0.2) is 12.7 Å². The summed E-state index contributed by atoms with van der Waals surface area (Å²) in [6, 6.07) is 12.3. The molecule has 0 radical (unpaired) electrons. The van der Waals surface area contributed by atoms with E-state index in [0.29, 0.717) is 9.99 Å². The molecule has 0 aliphatic carbocycles. The Morgan fingerprint density at radius 1 is 1.11 bits per heavy atom. The predicted molar refractivity (Wildman–Crippen MR) is 103 cm³/mol. The number of carbonyl (C=O) groups excluding carboxylic acids is 2. The molecule has 1 unspecified atom stereocenters. The van der Waals surface area contributed by atoms with Crippen LogP contribution in [-0.2, 0) is 21.2 Å². The quantitative estimate of drug-likeness (QED) is 0.826. The van der Waals surface area contributed by atoms with Crippen LogP contribution in [0, 0.1) is 0 Å². The van der Waals surface area contributed by atoms with Crippen LogP contribution in [0.15, 0.2) is 53.4 Å². The fourth-order valence-electron chi connectivity index (χ4n) is 3.07. The summed E-state index contributed by atoms with van der Waals surface area (Å²) in [7, 11) is -4.03. The molecule has 2 aromatic carbocycles. The van der Waals surface area contributed by atoms with Crippen LogP contribution in [0.3, 0.4) is 0 Å².